The summed E-state index contributed by atoms with van der Waals surface area (Å²) >= 11 is 0. The van der Waals surface area contributed by atoms with E-state index in [1.54, 1.807) is 15.7 Å². The third-order valence-electron chi connectivity index (χ3n) is 6.61. The highest BCUT2D eigenvalue weighted by atomic mass is 32.2. The van der Waals surface area contributed by atoms with Crippen LogP contribution in [-0.2, 0) is 15.0 Å². The van der Waals surface area contributed by atoms with Crippen LogP contribution in [0.5, 0.6) is 0 Å². The van der Waals surface area contributed by atoms with Gasteiger partial charge in [0.25, 0.3) is 10.2 Å². The molecule has 0 unspecified atom stereocenters. The number of carbonyl (C=O) groups excluding carboxylic acids is 1. The molecule has 0 aromatic rings. The van der Waals surface area contributed by atoms with E-state index >= 15 is 0 Å². The van der Waals surface area contributed by atoms with E-state index in [1.807, 2.05) is 4.90 Å². The highest BCUT2D eigenvalue weighted by Gasteiger charge is 2.38. The minimum atomic E-state index is -3.44. The van der Waals surface area contributed by atoms with E-state index in [0.29, 0.717) is 38.6 Å². The van der Waals surface area contributed by atoms with Gasteiger partial charge in [0, 0.05) is 45.2 Å². The molecule has 1 saturated heterocycles. The average Bonchev–Trinajstić information content (AvgIpc) is 3.16. The quantitative estimate of drug-likeness (QED) is 0.764. The first-order chi connectivity index (χ1) is 12.4. The molecule has 1 amide bonds. The molecule has 150 valence electrons. The summed E-state index contributed by atoms with van der Waals surface area (Å²) in [6, 6.07) is 0.122. The predicted octanol–water partition coefficient (Wildman–Crippen LogP) is 1.01. The second kappa shape index (κ2) is 8.54. The Morgan fingerprint density at radius 1 is 1.00 bits per heavy atom. The Hall–Kier alpha value is -0.700. The summed E-state index contributed by atoms with van der Waals surface area (Å²) in [6.07, 6.45) is 8.35. The highest BCUT2D eigenvalue weighted by Crippen LogP contribution is 2.33. The number of hydrogen-bond donors (Lipinski definition) is 1. The number of rotatable bonds is 5. The van der Waals surface area contributed by atoms with Crippen LogP contribution in [0.1, 0.15) is 51.4 Å². The van der Waals surface area contributed by atoms with Gasteiger partial charge < -0.3 is 10.6 Å². The molecule has 1 aliphatic heterocycles. The maximum Gasteiger partial charge on any atom is 0.282 e. The topological polar surface area (TPSA) is 87.0 Å². The van der Waals surface area contributed by atoms with Gasteiger partial charge in [-0.25, -0.2) is 0 Å². The Morgan fingerprint density at radius 3 is 2.27 bits per heavy atom. The monoisotopic (exact) mass is 386 g/mol. The molecule has 7 nitrogen and oxygen atoms in total. The molecule has 2 N–H and O–H groups in total. The summed E-state index contributed by atoms with van der Waals surface area (Å²) < 4.78 is 29.0. The van der Waals surface area contributed by atoms with Crippen molar-refractivity contribution in [3.8, 4) is 0 Å². The first kappa shape index (κ1) is 20.0. The van der Waals surface area contributed by atoms with Crippen LogP contribution in [-0.4, -0.2) is 73.6 Å². The summed E-state index contributed by atoms with van der Waals surface area (Å²) in [6.45, 7) is 2.34. The Labute approximate surface area is 158 Å². The van der Waals surface area contributed by atoms with Gasteiger partial charge in [0.2, 0.25) is 5.91 Å². The second-order valence-corrected chi connectivity index (χ2v) is 10.1. The van der Waals surface area contributed by atoms with Gasteiger partial charge in [-0.15, -0.1) is 0 Å². The minimum Gasteiger partial charge on any atom is -0.340 e. The molecule has 3 fully saturated rings. The molecule has 2 atom stereocenters. The van der Waals surface area contributed by atoms with Crippen molar-refractivity contribution < 1.29 is 13.2 Å². The number of nitrogens with two attached hydrogens (primary N) is 1. The van der Waals surface area contributed by atoms with E-state index in [9.17, 15) is 13.2 Å². The second-order valence-electron chi connectivity index (χ2n) is 8.07. The smallest absolute Gasteiger partial charge is 0.282 e. The van der Waals surface area contributed by atoms with Gasteiger partial charge >= 0.3 is 0 Å². The van der Waals surface area contributed by atoms with Gasteiger partial charge in [-0.3, -0.25) is 4.79 Å². The van der Waals surface area contributed by atoms with E-state index in [2.05, 4.69) is 0 Å². The molecule has 2 saturated carbocycles. The fourth-order valence-corrected chi connectivity index (χ4v) is 6.41. The summed E-state index contributed by atoms with van der Waals surface area (Å²) in [5.41, 5.74) is 5.81. The zero-order valence-electron chi connectivity index (χ0n) is 16.0. The third-order valence-corrected chi connectivity index (χ3v) is 8.65. The average molecular weight is 387 g/mol. The lowest BCUT2D eigenvalue weighted by Crippen LogP contribution is -2.56. The van der Waals surface area contributed by atoms with Crippen LogP contribution >= 0.6 is 0 Å². The van der Waals surface area contributed by atoms with Crippen LogP contribution in [0.15, 0.2) is 0 Å². The molecule has 0 bridgehead atoms. The van der Waals surface area contributed by atoms with Crippen molar-refractivity contribution in [2.75, 3.05) is 39.8 Å². The van der Waals surface area contributed by atoms with Gasteiger partial charge in [0.15, 0.2) is 0 Å². The van der Waals surface area contributed by atoms with Crippen molar-refractivity contribution in [1.82, 2.24) is 13.5 Å². The molecule has 8 heteroatoms. The Kier molecular flexibility index (Phi) is 6.59. The zero-order chi connectivity index (χ0) is 18.7. The number of piperazine rings is 1. The van der Waals surface area contributed by atoms with Crippen LogP contribution in [0.3, 0.4) is 0 Å². The first-order valence-electron chi connectivity index (χ1n) is 10.2. The molecular weight excluding hydrogens is 352 g/mol. The number of nitrogens with zero attached hydrogens (tertiary/aromatic N) is 3. The zero-order valence-corrected chi connectivity index (χ0v) is 16.8. The van der Waals surface area contributed by atoms with Crippen LogP contribution in [0, 0.1) is 11.8 Å². The van der Waals surface area contributed by atoms with Gasteiger partial charge in [0.1, 0.15) is 0 Å². The van der Waals surface area contributed by atoms with Crippen molar-refractivity contribution in [2.24, 2.45) is 17.6 Å². The Morgan fingerprint density at radius 2 is 1.65 bits per heavy atom. The number of carbonyl (C=O) groups is 1. The highest BCUT2D eigenvalue weighted by molar-refractivity contribution is 7.86. The molecule has 3 rings (SSSR count). The lowest BCUT2D eigenvalue weighted by Gasteiger charge is -2.39. The van der Waals surface area contributed by atoms with Crippen LogP contribution in [0.2, 0.25) is 0 Å². The normalized spacial score (nSPS) is 29.4. The summed E-state index contributed by atoms with van der Waals surface area (Å²) in [5.74, 6) is 0.505. The molecular formula is C18H34N4O3S. The van der Waals surface area contributed by atoms with Crippen molar-refractivity contribution in [2.45, 2.75) is 57.4 Å². The van der Waals surface area contributed by atoms with Crippen LogP contribution in [0.25, 0.3) is 0 Å². The maximum absolute atomic E-state index is 12.9. The van der Waals surface area contributed by atoms with E-state index in [4.69, 9.17) is 5.73 Å². The lowest BCUT2D eigenvalue weighted by molar-refractivity contribution is -0.137. The lowest BCUT2D eigenvalue weighted by atomic mass is 9.94. The Bertz CT molecular complexity index is 583. The van der Waals surface area contributed by atoms with Crippen molar-refractivity contribution in [3.05, 3.63) is 0 Å². The van der Waals surface area contributed by atoms with E-state index in [0.717, 1.165) is 44.9 Å². The van der Waals surface area contributed by atoms with Gasteiger partial charge in [-0.2, -0.15) is 17.0 Å². The van der Waals surface area contributed by atoms with Crippen LogP contribution in [0.4, 0.5) is 0 Å². The van der Waals surface area contributed by atoms with Crippen molar-refractivity contribution >= 4 is 16.1 Å². The fourth-order valence-electron chi connectivity index (χ4n) is 4.83. The summed E-state index contributed by atoms with van der Waals surface area (Å²) in [4.78, 5) is 14.7. The van der Waals surface area contributed by atoms with Gasteiger partial charge in [-0.05, 0) is 38.1 Å². The SMILES string of the molecule is CN(C1CCCCC1)S(=O)(=O)N1CCN(C(=O)[C@@H]2CCC[C@@H]2CN)CC1. The van der Waals surface area contributed by atoms with E-state index in [-0.39, 0.29) is 17.9 Å². The standard InChI is InChI=1S/C18H34N4O3S/c1-20(16-7-3-2-4-8-16)26(24,25)22-12-10-21(11-13-22)18(23)17-9-5-6-15(17)14-19/h15-17H,2-14,19H2,1H3/t15-,17-/m1/s1. The molecule has 0 aromatic carbocycles. The first-order valence-corrected chi connectivity index (χ1v) is 11.6. The number of amides is 1. The molecule has 2 aliphatic carbocycles. The molecule has 0 spiro atoms. The number of hydrogen-bond acceptors (Lipinski definition) is 4. The molecule has 0 radical (unpaired) electrons. The van der Waals surface area contributed by atoms with Gasteiger partial charge in [-0.1, -0.05) is 25.7 Å². The Balaban J connectivity index is 1.56. The molecule has 0 aromatic heterocycles. The minimum absolute atomic E-state index is 0.0352. The molecule has 3 aliphatic rings. The summed E-state index contributed by atoms with van der Waals surface area (Å²) in [5, 5.41) is 0. The molecule has 26 heavy (non-hydrogen) atoms. The van der Waals surface area contributed by atoms with E-state index < -0.39 is 10.2 Å². The van der Waals surface area contributed by atoms with Crippen molar-refractivity contribution in [1.29, 1.82) is 0 Å². The predicted molar refractivity (Wildman–Crippen MR) is 102 cm³/mol. The molecule has 1 heterocycles. The van der Waals surface area contributed by atoms with Gasteiger partial charge in [0.05, 0.1) is 0 Å². The maximum atomic E-state index is 12.9. The fraction of sp³-hybridized carbons (Fsp3) is 0.944. The largest absolute Gasteiger partial charge is 0.340 e. The van der Waals surface area contributed by atoms with Crippen LogP contribution < -0.4 is 5.73 Å². The third kappa shape index (κ3) is 4.08. The van der Waals surface area contributed by atoms with E-state index in [1.165, 1.54) is 6.42 Å². The van der Waals surface area contributed by atoms with Crippen molar-refractivity contribution in [3.63, 3.8) is 0 Å². The summed E-state index contributed by atoms with van der Waals surface area (Å²) in [7, 11) is -1.72.